The highest BCUT2D eigenvalue weighted by atomic mass is 16.5. The Labute approximate surface area is 110 Å². The summed E-state index contributed by atoms with van der Waals surface area (Å²) >= 11 is 0. The Morgan fingerprint density at radius 1 is 1.53 bits per heavy atom. The van der Waals surface area contributed by atoms with Crippen LogP contribution >= 0.6 is 0 Å². The number of benzene rings is 1. The molecule has 2 aliphatic rings. The highest BCUT2D eigenvalue weighted by Crippen LogP contribution is 2.42. The molecule has 19 heavy (non-hydrogen) atoms. The van der Waals surface area contributed by atoms with Crippen molar-refractivity contribution in [3.63, 3.8) is 0 Å². The normalized spacial score (nSPS) is 28.1. The second kappa shape index (κ2) is 4.26. The molecule has 2 N–H and O–H groups in total. The largest absolute Gasteiger partial charge is 0.481 e. The molecule has 1 saturated carbocycles. The molecule has 3 atom stereocenters. The number of aliphatic carboxylic acids is 1. The molecule has 0 radical (unpaired) electrons. The molecule has 1 heterocycles. The first-order valence-corrected chi connectivity index (χ1v) is 6.38. The molecule has 0 saturated heterocycles. The summed E-state index contributed by atoms with van der Waals surface area (Å²) < 4.78 is 5.47. The Morgan fingerprint density at radius 3 is 3.00 bits per heavy atom. The van der Waals surface area contributed by atoms with Crippen molar-refractivity contribution < 1.29 is 19.4 Å². The first-order valence-electron chi connectivity index (χ1n) is 6.38. The van der Waals surface area contributed by atoms with Crippen LogP contribution in [-0.2, 0) is 16.0 Å². The first kappa shape index (κ1) is 12.0. The van der Waals surface area contributed by atoms with Gasteiger partial charge in [0, 0.05) is 0 Å². The topological polar surface area (TPSA) is 75.6 Å². The predicted molar refractivity (Wildman–Crippen MR) is 68.1 cm³/mol. The summed E-state index contributed by atoms with van der Waals surface area (Å²) in [6.45, 7) is 1.70. The molecule has 1 amide bonds. The van der Waals surface area contributed by atoms with Crippen molar-refractivity contribution in [3.8, 4) is 5.75 Å². The number of carboxylic acids is 1. The highest BCUT2D eigenvalue weighted by molar-refractivity contribution is 5.97. The number of ether oxygens (including phenoxy) is 1. The van der Waals surface area contributed by atoms with Gasteiger partial charge in [0.1, 0.15) is 5.75 Å². The summed E-state index contributed by atoms with van der Waals surface area (Å²) in [5.41, 5.74) is 1.71. The van der Waals surface area contributed by atoms with Gasteiger partial charge in [-0.15, -0.1) is 0 Å². The third-order valence-electron chi connectivity index (χ3n) is 3.71. The van der Waals surface area contributed by atoms with Gasteiger partial charge in [0.2, 0.25) is 0 Å². The average Bonchev–Trinajstić information content (AvgIpc) is 3.10. The zero-order chi connectivity index (χ0) is 13.6. The fourth-order valence-corrected chi connectivity index (χ4v) is 2.46. The van der Waals surface area contributed by atoms with Crippen LogP contribution in [0.25, 0.3) is 0 Å². The van der Waals surface area contributed by atoms with Gasteiger partial charge in [-0.1, -0.05) is 6.07 Å². The number of anilines is 1. The summed E-state index contributed by atoms with van der Waals surface area (Å²) in [4.78, 5) is 22.3. The van der Waals surface area contributed by atoms with Crippen molar-refractivity contribution in [2.24, 2.45) is 11.8 Å². The van der Waals surface area contributed by atoms with Crippen molar-refractivity contribution in [1.82, 2.24) is 0 Å². The van der Waals surface area contributed by atoms with Gasteiger partial charge in [-0.3, -0.25) is 9.59 Å². The van der Waals surface area contributed by atoms with Gasteiger partial charge < -0.3 is 15.2 Å². The smallest absolute Gasteiger partial charge is 0.306 e. The second-order valence-corrected chi connectivity index (χ2v) is 5.22. The van der Waals surface area contributed by atoms with E-state index in [-0.39, 0.29) is 17.7 Å². The summed E-state index contributed by atoms with van der Waals surface area (Å²) in [7, 11) is 0. The Hall–Kier alpha value is -2.04. The summed E-state index contributed by atoms with van der Waals surface area (Å²) in [6, 6.07) is 5.63. The van der Waals surface area contributed by atoms with E-state index >= 15 is 0 Å². The molecule has 3 unspecified atom stereocenters. The minimum Gasteiger partial charge on any atom is -0.481 e. The lowest BCUT2D eigenvalue weighted by molar-refractivity contribution is -0.138. The molecule has 1 aliphatic carbocycles. The van der Waals surface area contributed by atoms with E-state index in [0.29, 0.717) is 11.4 Å². The molecule has 0 aromatic heterocycles. The van der Waals surface area contributed by atoms with Crippen LogP contribution < -0.4 is 10.1 Å². The number of carboxylic acid groups (broad SMARTS) is 1. The number of carbonyl (C=O) groups is 2. The van der Waals surface area contributed by atoms with Crippen LogP contribution in [0, 0.1) is 11.8 Å². The summed E-state index contributed by atoms with van der Waals surface area (Å²) in [6.07, 6.45) is 1.00. The molecule has 1 aromatic rings. The van der Waals surface area contributed by atoms with E-state index in [4.69, 9.17) is 9.84 Å². The molecule has 5 heteroatoms. The SMILES string of the molecule is CC1Oc2ccc(CC3CC3C(=O)O)cc2NC1=O. The number of hydrogen-bond donors (Lipinski definition) is 2. The van der Waals surface area contributed by atoms with E-state index in [1.54, 1.807) is 6.92 Å². The molecule has 3 rings (SSSR count). The van der Waals surface area contributed by atoms with Crippen molar-refractivity contribution in [2.75, 3.05) is 5.32 Å². The lowest BCUT2D eigenvalue weighted by Crippen LogP contribution is -2.34. The molecule has 0 spiro atoms. The zero-order valence-corrected chi connectivity index (χ0v) is 10.6. The molecule has 1 aromatic carbocycles. The first-order chi connectivity index (χ1) is 9.04. The van der Waals surface area contributed by atoms with Crippen LogP contribution in [0.5, 0.6) is 5.75 Å². The van der Waals surface area contributed by atoms with Gasteiger partial charge in [-0.25, -0.2) is 0 Å². The molecule has 0 bridgehead atoms. The van der Waals surface area contributed by atoms with Gasteiger partial charge in [-0.2, -0.15) is 0 Å². The maximum absolute atomic E-state index is 11.5. The Bertz CT molecular complexity index is 554. The maximum atomic E-state index is 11.5. The van der Waals surface area contributed by atoms with E-state index in [1.807, 2.05) is 18.2 Å². The van der Waals surface area contributed by atoms with E-state index in [0.717, 1.165) is 18.4 Å². The van der Waals surface area contributed by atoms with Gasteiger partial charge in [0.05, 0.1) is 11.6 Å². The van der Waals surface area contributed by atoms with Gasteiger partial charge in [-0.05, 0) is 43.4 Å². The standard InChI is InChI=1S/C14H15NO4/c1-7-13(16)15-11-5-8(2-3-12(11)19-7)4-9-6-10(9)14(17)18/h2-3,5,7,9-10H,4,6H2,1H3,(H,15,16)(H,17,18). The highest BCUT2D eigenvalue weighted by Gasteiger charge is 2.42. The lowest BCUT2D eigenvalue weighted by Gasteiger charge is -2.23. The van der Waals surface area contributed by atoms with E-state index in [2.05, 4.69) is 5.32 Å². The maximum Gasteiger partial charge on any atom is 0.306 e. The molecule has 5 nitrogen and oxygen atoms in total. The monoisotopic (exact) mass is 261 g/mol. The van der Waals surface area contributed by atoms with Gasteiger partial charge >= 0.3 is 5.97 Å². The third kappa shape index (κ3) is 2.28. The van der Waals surface area contributed by atoms with Crippen molar-refractivity contribution in [1.29, 1.82) is 0 Å². The molecule has 1 aliphatic heterocycles. The number of carbonyl (C=O) groups excluding carboxylic acids is 1. The van der Waals surface area contributed by atoms with Crippen LogP contribution in [0.2, 0.25) is 0 Å². The van der Waals surface area contributed by atoms with Crippen LogP contribution in [0.4, 0.5) is 5.69 Å². The zero-order valence-electron chi connectivity index (χ0n) is 10.6. The Morgan fingerprint density at radius 2 is 2.32 bits per heavy atom. The number of amides is 1. The Kier molecular flexibility index (Phi) is 2.69. The fourth-order valence-electron chi connectivity index (χ4n) is 2.46. The van der Waals surface area contributed by atoms with Crippen LogP contribution in [0.15, 0.2) is 18.2 Å². The number of rotatable bonds is 3. The van der Waals surface area contributed by atoms with E-state index in [1.165, 1.54) is 0 Å². The van der Waals surface area contributed by atoms with E-state index < -0.39 is 12.1 Å². The fraction of sp³-hybridized carbons (Fsp3) is 0.429. The summed E-state index contributed by atoms with van der Waals surface area (Å²) in [5, 5.41) is 11.7. The summed E-state index contributed by atoms with van der Waals surface area (Å²) in [5.74, 6) is -0.189. The third-order valence-corrected chi connectivity index (χ3v) is 3.71. The minimum absolute atomic E-state index is 0.153. The van der Waals surface area contributed by atoms with Crippen LogP contribution in [0.1, 0.15) is 18.9 Å². The van der Waals surface area contributed by atoms with Gasteiger partial charge in [0.25, 0.3) is 5.91 Å². The molecule has 100 valence electrons. The number of nitrogens with one attached hydrogen (secondary N) is 1. The second-order valence-electron chi connectivity index (χ2n) is 5.22. The van der Waals surface area contributed by atoms with Crippen LogP contribution in [-0.4, -0.2) is 23.1 Å². The number of hydrogen-bond acceptors (Lipinski definition) is 3. The van der Waals surface area contributed by atoms with Crippen molar-refractivity contribution in [2.45, 2.75) is 25.9 Å². The quantitative estimate of drug-likeness (QED) is 0.867. The van der Waals surface area contributed by atoms with Crippen molar-refractivity contribution in [3.05, 3.63) is 23.8 Å². The molecule has 1 fully saturated rings. The molecular formula is C14H15NO4. The lowest BCUT2D eigenvalue weighted by atomic mass is 10.1. The minimum atomic E-state index is -0.714. The van der Waals surface area contributed by atoms with Crippen molar-refractivity contribution >= 4 is 17.6 Å². The van der Waals surface area contributed by atoms with E-state index in [9.17, 15) is 9.59 Å². The average molecular weight is 261 g/mol. The molecular weight excluding hydrogens is 246 g/mol. The number of fused-ring (bicyclic) bond motifs is 1. The Balaban J connectivity index is 1.74. The van der Waals surface area contributed by atoms with Crippen LogP contribution in [0.3, 0.4) is 0 Å². The van der Waals surface area contributed by atoms with Gasteiger partial charge in [0.15, 0.2) is 6.10 Å². The predicted octanol–water partition coefficient (Wildman–Crippen LogP) is 1.67.